The number of hydrogen-bond donors (Lipinski definition) is 0. The molecule has 0 atom stereocenters. The van der Waals surface area contributed by atoms with E-state index in [2.05, 4.69) is 91.8 Å². The molecule has 0 aliphatic rings. The highest BCUT2D eigenvalue weighted by atomic mass is 16.6. The minimum atomic E-state index is 0.100. The molecule has 0 N–H and O–H groups in total. The Morgan fingerprint density at radius 3 is 1.28 bits per heavy atom. The van der Waals surface area contributed by atoms with E-state index in [-0.39, 0.29) is 18.5 Å². The first-order valence-corrected chi connectivity index (χ1v) is 8.95. The van der Waals surface area contributed by atoms with E-state index in [9.17, 15) is 0 Å². The molecule has 0 fully saturated rings. The van der Waals surface area contributed by atoms with Gasteiger partial charge in [-0.15, -0.1) is 0 Å². The van der Waals surface area contributed by atoms with Crippen LogP contribution in [0.25, 0.3) is 0 Å². The van der Waals surface area contributed by atoms with E-state index in [4.69, 9.17) is 9.31 Å². The Kier molecular flexibility index (Phi) is 5.56. The molecular weight excluding hydrogens is 307 g/mol. The van der Waals surface area contributed by atoms with Crippen LogP contribution in [0.1, 0.15) is 63.8 Å². The van der Waals surface area contributed by atoms with Crippen LogP contribution in [0.3, 0.4) is 0 Å². The van der Waals surface area contributed by atoms with Gasteiger partial charge in [0, 0.05) is 0 Å². The summed E-state index contributed by atoms with van der Waals surface area (Å²) in [4.78, 5) is 0. The van der Waals surface area contributed by atoms with Crippen LogP contribution in [0, 0.1) is 13.8 Å². The first-order chi connectivity index (χ1) is 11.4. The van der Waals surface area contributed by atoms with Crippen LogP contribution in [0.2, 0.25) is 0 Å². The van der Waals surface area contributed by atoms with Crippen molar-refractivity contribution in [3.8, 4) is 11.5 Å². The molecule has 3 heteroatoms. The molecule has 0 bridgehead atoms. The second kappa shape index (κ2) is 7.15. The first-order valence-electron chi connectivity index (χ1n) is 8.95. The lowest BCUT2D eigenvalue weighted by Gasteiger charge is -2.22. The molecule has 0 aliphatic carbocycles. The number of aryl methyl sites for hydroxylation is 2. The van der Waals surface area contributed by atoms with Crippen molar-refractivity contribution >= 4 is 7.69 Å². The molecule has 0 amide bonds. The van der Waals surface area contributed by atoms with Crippen LogP contribution in [0.4, 0.5) is 0 Å². The lowest BCUT2D eigenvalue weighted by Crippen LogP contribution is -2.15. The van der Waals surface area contributed by atoms with Gasteiger partial charge in [-0.25, -0.2) is 0 Å². The van der Waals surface area contributed by atoms with E-state index in [0.717, 1.165) is 11.5 Å². The molecule has 0 saturated heterocycles. The standard InChI is InChI=1S/C22H31BO2/c1-15-9-17(21(3,4)5)13-19(11-15)24-23-25-20-12-16(2)10-18(14-20)22(6,7)8/h9-14,23H,1-8H3. The van der Waals surface area contributed by atoms with Gasteiger partial charge in [-0.2, -0.15) is 0 Å². The summed E-state index contributed by atoms with van der Waals surface area (Å²) in [6, 6.07) is 12.7. The summed E-state index contributed by atoms with van der Waals surface area (Å²) in [6.07, 6.45) is 0. The van der Waals surface area contributed by atoms with Gasteiger partial charge in [0.05, 0.1) is 0 Å². The summed E-state index contributed by atoms with van der Waals surface area (Å²) in [5, 5.41) is 0. The fourth-order valence-corrected chi connectivity index (χ4v) is 2.69. The Morgan fingerprint density at radius 1 is 0.600 bits per heavy atom. The molecule has 25 heavy (non-hydrogen) atoms. The van der Waals surface area contributed by atoms with E-state index in [1.165, 1.54) is 22.3 Å². The third-order valence-corrected chi connectivity index (χ3v) is 4.28. The zero-order valence-corrected chi connectivity index (χ0v) is 17.0. The molecular formula is C22H31BO2. The summed E-state index contributed by atoms with van der Waals surface area (Å²) in [7, 11) is 0.208. The lowest BCUT2D eigenvalue weighted by atomic mass is 9.86. The van der Waals surface area contributed by atoms with Gasteiger partial charge in [-0.05, 0) is 71.2 Å². The van der Waals surface area contributed by atoms with Crippen molar-refractivity contribution < 1.29 is 9.31 Å². The highest BCUT2D eigenvalue weighted by Crippen LogP contribution is 2.29. The fraction of sp³-hybridized carbons (Fsp3) is 0.455. The van der Waals surface area contributed by atoms with Crippen LogP contribution >= 0.6 is 0 Å². The summed E-state index contributed by atoms with van der Waals surface area (Å²) in [5.41, 5.74) is 5.15. The SMILES string of the molecule is Cc1cc(OBOc2cc(C)cc(C(C)(C)C)c2)cc(C(C)(C)C)c1. The van der Waals surface area contributed by atoms with Crippen molar-refractivity contribution in [3.05, 3.63) is 58.7 Å². The Balaban J connectivity index is 2.09. The quantitative estimate of drug-likeness (QED) is 0.673. The van der Waals surface area contributed by atoms with E-state index in [0.29, 0.717) is 0 Å². The molecule has 2 aromatic carbocycles. The monoisotopic (exact) mass is 338 g/mol. The van der Waals surface area contributed by atoms with Crippen LogP contribution in [0.15, 0.2) is 36.4 Å². The van der Waals surface area contributed by atoms with Gasteiger partial charge < -0.3 is 9.31 Å². The topological polar surface area (TPSA) is 18.5 Å². The number of benzene rings is 2. The van der Waals surface area contributed by atoms with E-state index in [1.54, 1.807) is 0 Å². The molecule has 0 aromatic heterocycles. The van der Waals surface area contributed by atoms with Gasteiger partial charge in [0.2, 0.25) is 0 Å². The van der Waals surface area contributed by atoms with Gasteiger partial charge in [0.15, 0.2) is 0 Å². The van der Waals surface area contributed by atoms with Crippen molar-refractivity contribution in [2.75, 3.05) is 0 Å². The van der Waals surface area contributed by atoms with Crippen molar-refractivity contribution in [3.63, 3.8) is 0 Å². The largest absolute Gasteiger partial charge is 0.576 e. The molecule has 134 valence electrons. The maximum Gasteiger partial charge on any atom is 0.576 e. The van der Waals surface area contributed by atoms with Crippen molar-refractivity contribution in [2.45, 2.75) is 66.2 Å². The third-order valence-electron chi connectivity index (χ3n) is 4.28. The minimum absolute atomic E-state index is 0.100. The van der Waals surface area contributed by atoms with Crippen molar-refractivity contribution in [2.24, 2.45) is 0 Å². The van der Waals surface area contributed by atoms with Crippen molar-refractivity contribution in [1.29, 1.82) is 0 Å². The normalized spacial score (nSPS) is 12.0. The number of rotatable bonds is 4. The van der Waals surface area contributed by atoms with E-state index >= 15 is 0 Å². The summed E-state index contributed by atoms with van der Waals surface area (Å²) in [6.45, 7) is 17.5. The van der Waals surface area contributed by atoms with E-state index < -0.39 is 0 Å². The average molecular weight is 338 g/mol. The van der Waals surface area contributed by atoms with Crippen LogP contribution in [0.5, 0.6) is 11.5 Å². The predicted octanol–water partition coefficient (Wildman–Crippen LogP) is 5.62. The first kappa shape index (κ1) is 19.4. The summed E-state index contributed by atoms with van der Waals surface area (Å²) < 4.78 is 11.7. The van der Waals surface area contributed by atoms with Crippen LogP contribution in [-0.4, -0.2) is 7.69 Å². The Labute approximate surface area is 153 Å². The zero-order chi connectivity index (χ0) is 18.8. The van der Waals surface area contributed by atoms with E-state index in [1.807, 2.05) is 0 Å². The van der Waals surface area contributed by atoms with Crippen LogP contribution in [-0.2, 0) is 10.8 Å². The maximum atomic E-state index is 5.87. The van der Waals surface area contributed by atoms with Gasteiger partial charge in [0.1, 0.15) is 11.5 Å². The summed E-state index contributed by atoms with van der Waals surface area (Å²) >= 11 is 0. The molecule has 0 heterocycles. The third kappa shape index (κ3) is 5.56. The average Bonchev–Trinajstić information content (AvgIpc) is 2.44. The fourth-order valence-electron chi connectivity index (χ4n) is 2.69. The highest BCUT2D eigenvalue weighted by Gasteiger charge is 2.16. The smallest absolute Gasteiger partial charge is 0.529 e. The summed E-state index contributed by atoms with van der Waals surface area (Å²) in [5.74, 6) is 1.71. The Bertz CT molecular complexity index is 673. The molecule has 0 aliphatic heterocycles. The lowest BCUT2D eigenvalue weighted by molar-refractivity contribution is 0.455. The Morgan fingerprint density at radius 2 is 0.960 bits per heavy atom. The Hall–Kier alpha value is -1.90. The van der Waals surface area contributed by atoms with Crippen LogP contribution < -0.4 is 9.31 Å². The van der Waals surface area contributed by atoms with Gasteiger partial charge in [-0.3, -0.25) is 0 Å². The molecule has 2 aromatic rings. The molecule has 0 unspecified atom stereocenters. The molecule has 0 spiro atoms. The van der Waals surface area contributed by atoms with Gasteiger partial charge >= 0.3 is 7.69 Å². The molecule has 0 saturated carbocycles. The molecule has 0 radical (unpaired) electrons. The predicted molar refractivity (Wildman–Crippen MR) is 108 cm³/mol. The zero-order valence-electron chi connectivity index (χ0n) is 17.0. The maximum absolute atomic E-state index is 5.87. The second-order valence-corrected chi connectivity index (χ2v) is 8.98. The van der Waals surface area contributed by atoms with Gasteiger partial charge in [0.25, 0.3) is 0 Å². The van der Waals surface area contributed by atoms with Crippen molar-refractivity contribution in [1.82, 2.24) is 0 Å². The highest BCUT2D eigenvalue weighted by molar-refractivity contribution is 6.20. The number of hydrogen-bond acceptors (Lipinski definition) is 2. The molecule has 2 rings (SSSR count). The minimum Gasteiger partial charge on any atom is -0.529 e. The molecule has 2 nitrogen and oxygen atoms in total. The van der Waals surface area contributed by atoms with Gasteiger partial charge in [-0.1, -0.05) is 53.7 Å². The second-order valence-electron chi connectivity index (χ2n) is 8.98.